The van der Waals surface area contributed by atoms with Gasteiger partial charge in [0.15, 0.2) is 0 Å². The number of nitrogens with zero attached hydrogens (tertiary/aromatic N) is 2. The van der Waals surface area contributed by atoms with Crippen LogP contribution in [0.25, 0.3) is 22.4 Å². The topological polar surface area (TPSA) is 76.0 Å². The molecule has 6 nitrogen and oxygen atoms in total. The number of fused-ring (bicyclic) bond motifs is 1. The molecule has 21 heavy (non-hydrogen) atoms. The maximum absolute atomic E-state index is 5.71. The normalized spacial score (nSPS) is 18.4. The van der Waals surface area contributed by atoms with Crippen molar-refractivity contribution in [3.63, 3.8) is 0 Å². The van der Waals surface area contributed by atoms with Gasteiger partial charge in [-0.05, 0) is 24.6 Å². The number of aromatic nitrogens is 3. The fourth-order valence-electron chi connectivity index (χ4n) is 2.48. The van der Waals surface area contributed by atoms with Crippen LogP contribution in [-0.4, -0.2) is 34.4 Å². The van der Waals surface area contributed by atoms with Gasteiger partial charge in [0.05, 0.1) is 18.2 Å². The Balaban J connectivity index is 1.65. The summed E-state index contributed by atoms with van der Waals surface area (Å²) >= 11 is 3.48. The molecule has 7 heteroatoms. The van der Waals surface area contributed by atoms with Crippen LogP contribution in [0, 0.1) is 0 Å². The highest BCUT2D eigenvalue weighted by Crippen LogP contribution is 2.30. The van der Waals surface area contributed by atoms with E-state index in [1.54, 1.807) is 0 Å². The Morgan fingerprint density at radius 2 is 2.29 bits per heavy atom. The van der Waals surface area contributed by atoms with Crippen LogP contribution in [0.4, 0.5) is 6.01 Å². The molecule has 3 heterocycles. The molecule has 1 aromatic carbocycles. The van der Waals surface area contributed by atoms with E-state index in [9.17, 15) is 0 Å². The largest absolute Gasteiger partial charge is 0.403 e. The summed E-state index contributed by atoms with van der Waals surface area (Å²) in [5.41, 5.74) is 1.93. The van der Waals surface area contributed by atoms with Crippen LogP contribution >= 0.6 is 15.9 Å². The molecule has 1 saturated heterocycles. The van der Waals surface area contributed by atoms with Crippen molar-refractivity contribution in [2.24, 2.45) is 0 Å². The molecule has 0 spiro atoms. The highest BCUT2D eigenvalue weighted by Gasteiger charge is 2.19. The molecule has 0 amide bonds. The van der Waals surface area contributed by atoms with Crippen molar-refractivity contribution < 1.29 is 9.15 Å². The van der Waals surface area contributed by atoms with Gasteiger partial charge in [0.1, 0.15) is 0 Å². The van der Waals surface area contributed by atoms with Gasteiger partial charge >= 0.3 is 6.01 Å². The summed E-state index contributed by atoms with van der Waals surface area (Å²) in [7, 11) is 0. The lowest BCUT2D eigenvalue weighted by Crippen LogP contribution is -2.18. The van der Waals surface area contributed by atoms with E-state index in [-0.39, 0.29) is 6.04 Å². The number of anilines is 1. The second-order valence-electron chi connectivity index (χ2n) is 5.01. The van der Waals surface area contributed by atoms with E-state index in [2.05, 4.69) is 36.4 Å². The summed E-state index contributed by atoms with van der Waals surface area (Å²) in [4.78, 5) is 3.21. The Hall–Kier alpha value is -1.86. The first-order valence-electron chi connectivity index (χ1n) is 6.74. The first-order valence-corrected chi connectivity index (χ1v) is 7.54. The van der Waals surface area contributed by atoms with Crippen LogP contribution < -0.4 is 5.32 Å². The van der Waals surface area contributed by atoms with Crippen LogP contribution in [0.5, 0.6) is 0 Å². The quantitative estimate of drug-likeness (QED) is 0.760. The minimum Gasteiger partial charge on any atom is -0.403 e. The van der Waals surface area contributed by atoms with Gasteiger partial charge in [-0.2, -0.15) is 0 Å². The first kappa shape index (κ1) is 12.8. The van der Waals surface area contributed by atoms with Crippen LogP contribution in [0.2, 0.25) is 0 Å². The Kier molecular flexibility index (Phi) is 3.16. The minimum atomic E-state index is 0.246. The van der Waals surface area contributed by atoms with E-state index in [4.69, 9.17) is 9.15 Å². The third-order valence-corrected chi connectivity index (χ3v) is 4.05. The Morgan fingerprint density at radius 3 is 3.14 bits per heavy atom. The number of rotatable bonds is 3. The lowest BCUT2D eigenvalue weighted by molar-refractivity contribution is 0.195. The highest BCUT2D eigenvalue weighted by molar-refractivity contribution is 9.10. The zero-order valence-corrected chi connectivity index (χ0v) is 12.7. The minimum absolute atomic E-state index is 0.246. The SMILES string of the molecule is Brc1ccc2[nH]cc(-c3nnc(NC4CCOC4)o3)c2c1. The lowest BCUT2D eigenvalue weighted by Gasteiger charge is -2.05. The molecule has 3 aromatic rings. The van der Waals surface area contributed by atoms with E-state index in [1.807, 2.05) is 24.4 Å². The summed E-state index contributed by atoms with van der Waals surface area (Å²) in [6, 6.07) is 6.71. The van der Waals surface area contributed by atoms with Gasteiger partial charge in [-0.3, -0.25) is 0 Å². The molecule has 0 aliphatic carbocycles. The molecule has 0 bridgehead atoms. The van der Waals surface area contributed by atoms with E-state index in [0.29, 0.717) is 18.5 Å². The van der Waals surface area contributed by atoms with Crippen molar-refractivity contribution in [3.05, 3.63) is 28.9 Å². The number of halogens is 1. The van der Waals surface area contributed by atoms with E-state index in [0.717, 1.165) is 34.0 Å². The highest BCUT2D eigenvalue weighted by atomic mass is 79.9. The average molecular weight is 349 g/mol. The van der Waals surface area contributed by atoms with Gasteiger partial charge in [-0.1, -0.05) is 21.0 Å². The van der Waals surface area contributed by atoms with E-state index >= 15 is 0 Å². The third kappa shape index (κ3) is 2.43. The molecule has 1 fully saturated rings. The van der Waals surface area contributed by atoms with Crippen molar-refractivity contribution in [1.82, 2.24) is 15.2 Å². The van der Waals surface area contributed by atoms with E-state index in [1.165, 1.54) is 0 Å². The zero-order valence-electron chi connectivity index (χ0n) is 11.1. The molecular weight excluding hydrogens is 336 g/mol. The van der Waals surface area contributed by atoms with Gasteiger partial charge < -0.3 is 19.5 Å². The number of hydrogen-bond acceptors (Lipinski definition) is 5. The maximum Gasteiger partial charge on any atom is 0.316 e. The van der Waals surface area contributed by atoms with Gasteiger partial charge in [0.25, 0.3) is 5.89 Å². The van der Waals surface area contributed by atoms with Crippen LogP contribution in [0.1, 0.15) is 6.42 Å². The van der Waals surface area contributed by atoms with Crippen molar-refractivity contribution >= 4 is 32.8 Å². The van der Waals surface area contributed by atoms with E-state index < -0.39 is 0 Å². The van der Waals surface area contributed by atoms with Crippen LogP contribution in [-0.2, 0) is 4.74 Å². The molecule has 2 N–H and O–H groups in total. The molecule has 108 valence electrons. The third-order valence-electron chi connectivity index (χ3n) is 3.56. The van der Waals surface area contributed by atoms with Crippen molar-refractivity contribution in [3.8, 4) is 11.5 Å². The molecule has 4 rings (SSSR count). The number of nitrogens with one attached hydrogen (secondary N) is 2. The standard InChI is InChI=1S/C14H13BrN4O2/c15-8-1-2-12-10(5-8)11(6-16-12)13-18-19-14(21-13)17-9-3-4-20-7-9/h1-2,5-6,9,16H,3-4,7H2,(H,17,19). The smallest absolute Gasteiger partial charge is 0.316 e. The van der Waals surface area contributed by atoms with Crippen LogP contribution in [0.3, 0.4) is 0 Å². The molecule has 0 saturated carbocycles. The summed E-state index contributed by atoms with van der Waals surface area (Å²) in [5.74, 6) is 0.501. The number of aromatic amines is 1. The predicted molar refractivity (Wildman–Crippen MR) is 82.1 cm³/mol. The summed E-state index contributed by atoms with van der Waals surface area (Å²) in [5, 5.41) is 12.4. The molecular formula is C14H13BrN4O2. The molecule has 2 aromatic heterocycles. The number of ether oxygens (including phenoxy) is 1. The molecule has 0 radical (unpaired) electrons. The fraction of sp³-hybridized carbons (Fsp3) is 0.286. The Labute approximate surface area is 129 Å². The molecule has 1 aliphatic rings. The monoisotopic (exact) mass is 348 g/mol. The molecule has 1 unspecified atom stereocenters. The second kappa shape index (κ2) is 5.16. The molecule has 1 atom stereocenters. The zero-order chi connectivity index (χ0) is 14.2. The fourth-order valence-corrected chi connectivity index (χ4v) is 2.84. The Morgan fingerprint density at radius 1 is 1.33 bits per heavy atom. The average Bonchev–Trinajstić information content (AvgIpc) is 3.19. The van der Waals surface area contributed by atoms with Crippen molar-refractivity contribution in [1.29, 1.82) is 0 Å². The lowest BCUT2D eigenvalue weighted by atomic mass is 10.2. The van der Waals surface area contributed by atoms with Gasteiger partial charge in [0, 0.05) is 28.2 Å². The number of hydrogen-bond donors (Lipinski definition) is 2. The summed E-state index contributed by atoms with van der Waals surface area (Å²) in [6.07, 6.45) is 2.84. The first-order chi connectivity index (χ1) is 10.3. The number of H-pyrrole nitrogens is 1. The molecule has 1 aliphatic heterocycles. The summed E-state index contributed by atoms with van der Waals surface area (Å²) < 4.78 is 12.0. The maximum atomic E-state index is 5.71. The summed E-state index contributed by atoms with van der Waals surface area (Å²) in [6.45, 7) is 1.45. The van der Waals surface area contributed by atoms with Crippen LogP contribution in [0.15, 0.2) is 33.3 Å². The van der Waals surface area contributed by atoms with Gasteiger partial charge in [0.2, 0.25) is 0 Å². The van der Waals surface area contributed by atoms with Crippen molar-refractivity contribution in [2.75, 3.05) is 18.5 Å². The van der Waals surface area contributed by atoms with Gasteiger partial charge in [-0.25, -0.2) is 0 Å². The van der Waals surface area contributed by atoms with Crippen molar-refractivity contribution in [2.45, 2.75) is 12.5 Å². The van der Waals surface area contributed by atoms with Gasteiger partial charge in [-0.15, -0.1) is 5.10 Å². The number of benzene rings is 1. The predicted octanol–water partition coefficient (Wildman–Crippen LogP) is 3.18. The second-order valence-corrected chi connectivity index (χ2v) is 5.93. The Bertz CT molecular complexity index is 776.